The lowest BCUT2D eigenvalue weighted by Crippen LogP contribution is -2.60. The number of ether oxygens (including phenoxy) is 2. The van der Waals surface area contributed by atoms with Crippen LogP contribution < -0.4 is 5.32 Å². The first-order chi connectivity index (χ1) is 34.7. The number of amides is 1. The van der Waals surface area contributed by atoms with Gasteiger partial charge < -0.3 is 50.5 Å². The minimum Gasteiger partial charge on any atom is -0.394 e. The summed E-state index contributed by atoms with van der Waals surface area (Å²) in [5.74, 6) is -0.708. The highest BCUT2D eigenvalue weighted by Gasteiger charge is 2.44. The molecule has 11 heteroatoms. The fourth-order valence-electron chi connectivity index (χ4n) is 9.53. The van der Waals surface area contributed by atoms with E-state index in [0.717, 1.165) is 44.9 Å². The van der Waals surface area contributed by atoms with Crippen LogP contribution in [-0.2, 0) is 14.3 Å². The van der Waals surface area contributed by atoms with Gasteiger partial charge in [-0.2, -0.15) is 0 Å². The SMILES string of the molecule is CCCCCCCCCCCC/C=C/CC/C=C/CC/C=C/CCCC(O)C(O)C(COC1OC(CO)C(O)C(O)C1O)NC(=O)C(O)CCCCCCCCCCCCCCCCCCCCCCC. The Hall–Kier alpha value is -1.67. The Bertz CT molecular complexity index is 1250. The summed E-state index contributed by atoms with van der Waals surface area (Å²) in [6.07, 6.45) is 49.1. The molecule has 11 nitrogen and oxygen atoms in total. The van der Waals surface area contributed by atoms with E-state index >= 15 is 0 Å². The minimum absolute atomic E-state index is 0.243. The molecule has 71 heavy (non-hydrogen) atoms. The molecule has 1 fully saturated rings. The molecule has 1 saturated heterocycles. The van der Waals surface area contributed by atoms with Crippen LogP contribution in [0.3, 0.4) is 0 Å². The number of allylic oxidation sites excluding steroid dienone is 6. The summed E-state index contributed by atoms with van der Waals surface area (Å²) >= 11 is 0. The quantitative estimate of drug-likeness (QED) is 0.0215. The van der Waals surface area contributed by atoms with Gasteiger partial charge in [-0.15, -0.1) is 0 Å². The number of aliphatic hydroxyl groups excluding tert-OH is 7. The van der Waals surface area contributed by atoms with E-state index in [0.29, 0.717) is 19.3 Å². The minimum atomic E-state index is -1.67. The molecule has 1 rings (SSSR count). The molecule has 1 amide bonds. The molecule has 9 atom stereocenters. The highest BCUT2D eigenvalue weighted by molar-refractivity contribution is 5.80. The van der Waals surface area contributed by atoms with Gasteiger partial charge in [-0.1, -0.05) is 243 Å². The monoisotopic (exact) mass is 1010 g/mol. The van der Waals surface area contributed by atoms with Gasteiger partial charge in [0.2, 0.25) is 5.91 Å². The van der Waals surface area contributed by atoms with Crippen LogP contribution in [-0.4, -0.2) is 110 Å². The number of nitrogens with one attached hydrogen (secondary N) is 1. The third-order valence-corrected chi connectivity index (χ3v) is 14.4. The Kier molecular flexibility index (Phi) is 46.7. The molecule has 1 aliphatic heterocycles. The van der Waals surface area contributed by atoms with Gasteiger partial charge in [0.15, 0.2) is 6.29 Å². The highest BCUT2D eigenvalue weighted by atomic mass is 16.7. The fourth-order valence-corrected chi connectivity index (χ4v) is 9.53. The molecule has 0 aliphatic carbocycles. The topological polar surface area (TPSA) is 189 Å². The van der Waals surface area contributed by atoms with Crippen LogP contribution in [0.15, 0.2) is 36.5 Å². The van der Waals surface area contributed by atoms with E-state index in [9.17, 15) is 40.5 Å². The summed E-state index contributed by atoms with van der Waals surface area (Å²) < 4.78 is 11.1. The third kappa shape index (κ3) is 37.7. The van der Waals surface area contributed by atoms with Gasteiger partial charge in [0.1, 0.15) is 36.6 Å². The zero-order valence-electron chi connectivity index (χ0n) is 45.7. The molecule has 418 valence electrons. The standard InChI is InChI=1S/C60H113NO10/c1-3-5-7-9-11-13-15-17-19-21-23-25-26-28-29-31-33-35-37-39-41-43-45-47-52(63)55(65)51(50-70-60-58(68)57(67)56(66)54(49-62)71-60)61-59(69)53(64)48-46-44-42-40-38-36-34-32-30-27-24-22-20-18-16-14-12-10-8-6-4-2/h25-26,31,33,39,41,51-58,60,62-68H,3-24,27-30,32,34-38,40,42-50H2,1-2H3,(H,61,69)/b26-25+,33-31+,41-39+. The van der Waals surface area contributed by atoms with Gasteiger partial charge in [0.05, 0.1) is 25.4 Å². The van der Waals surface area contributed by atoms with Crippen molar-refractivity contribution in [2.75, 3.05) is 13.2 Å². The lowest BCUT2D eigenvalue weighted by Gasteiger charge is -2.40. The van der Waals surface area contributed by atoms with Crippen molar-refractivity contribution in [1.82, 2.24) is 5.32 Å². The zero-order chi connectivity index (χ0) is 51.8. The summed E-state index contributed by atoms with van der Waals surface area (Å²) in [7, 11) is 0. The van der Waals surface area contributed by atoms with Crippen LogP contribution >= 0.6 is 0 Å². The van der Waals surface area contributed by atoms with Crippen LogP contribution in [0.5, 0.6) is 0 Å². The summed E-state index contributed by atoms with van der Waals surface area (Å²) in [5.41, 5.74) is 0. The lowest BCUT2D eigenvalue weighted by molar-refractivity contribution is -0.303. The van der Waals surface area contributed by atoms with Crippen molar-refractivity contribution in [2.45, 2.75) is 326 Å². The van der Waals surface area contributed by atoms with E-state index < -0.39 is 74.2 Å². The second kappa shape index (κ2) is 49.2. The van der Waals surface area contributed by atoms with Crippen molar-refractivity contribution in [1.29, 1.82) is 0 Å². The second-order valence-electron chi connectivity index (χ2n) is 21.0. The van der Waals surface area contributed by atoms with E-state index in [4.69, 9.17) is 9.47 Å². The molecule has 0 spiro atoms. The van der Waals surface area contributed by atoms with Gasteiger partial charge in [-0.25, -0.2) is 0 Å². The van der Waals surface area contributed by atoms with E-state index in [1.54, 1.807) is 0 Å². The number of unbranched alkanes of at least 4 members (excludes halogenated alkanes) is 33. The largest absolute Gasteiger partial charge is 0.394 e. The van der Waals surface area contributed by atoms with Gasteiger partial charge >= 0.3 is 0 Å². The average molecular weight is 1010 g/mol. The number of carbonyl (C=O) groups excluding carboxylic acids is 1. The summed E-state index contributed by atoms with van der Waals surface area (Å²) in [6.45, 7) is 3.46. The summed E-state index contributed by atoms with van der Waals surface area (Å²) in [6, 6.07) is -1.19. The number of aliphatic hydroxyl groups is 7. The van der Waals surface area contributed by atoms with Crippen molar-refractivity contribution < 1.29 is 50.0 Å². The Morgan fingerprint density at radius 2 is 0.845 bits per heavy atom. The Balaban J connectivity index is 2.34. The maximum Gasteiger partial charge on any atom is 0.249 e. The maximum atomic E-state index is 13.2. The molecule has 0 aromatic carbocycles. The van der Waals surface area contributed by atoms with Crippen LogP contribution in [0.25, 0.3) is 0 Å². The molecule has 0 bridgehead atoms. The fraction of sp³-hybridized carbons (Fsp3) is 0.883. The molecular weight excluding hydrogens is 895 g/mol. The first kappa shape index (κ1) is 67.3. The van der Waals surface area contributed by atoms with Crippen molar-refractivity contribution in [3.8, 4) is 0 Å². The van der Waals surface area contributed by atoms with Gasteiger partial charge in [-0.3, -0.25) is 4.79 Å². The normalized spacial score (nSPS) is 20.4. The molecule has 0 aromatic rings. The molecule has 1 aliphatic rings. The predicted octanol–water partition coefficient (Wildman–Crippen LogP) is 12.7. The van der Waals surface area contributed by atoms with Crippen LogP contribution in [0, 0.1) is 0 Å². The van der Waals surface area contributed by atoms with Gasteiger partial charge in [0.25, 0.3) is 0 Å². The molecule has 1 heterocycles. The van der Waals surface area contributed by atoms with Crippen molar-refractivity contribution in [3.63, 3.8) is 0 Å². The maximum absolute atomic E-state index is 13.2. The highest BCUT2D eigenvalue weighted by Crippen LogP contribution is 2.23. The third-order valence-electron chi connectivity index (χ3n) is 14.4. The summed E-state index contributed by atoms with van der Waals surface area (Å²) in [4.78, 5) is 13.2. The van der Waals surface area contributed by atoms with Crippen LogP contribution in [0.2, 0.25) is 0 Å². The molecule has 0 saturated carbocycles. The average Bonchev–Trinajstić information content (AvgIpc) is 3.37. The van der Waals surface area contributed by atoms with Gasteiger partial charge in [0, 0.05) is 0 Å². The number of rotatable bonds is 51. The van der Waals surface area contributed by atoms with Crippen molar-refractivity contribution >= 4 is 5.91 Å². The van der Waals surface area contributed by atoms with Gasteiger partial charge in [-0.05, 0) is 64.2 Å². The first-order valence-electron chi connectivity index (χ1n) is 29.9. The number of hydrogen-bond acceptors (Lipinski definition) is 10. The van der Waals surface area contributed by atoms with Crippen molar-refractivity contribution in [3.05, 3.63) is 36.5 Å². The number of hydrogen-bond donors (Lipinski definition) is 8. The van der Waals surface area contributed by atoms with E-state index in [-0.39, 0.29) is 12.8 Å². The van der Waals surface area contributed by atoms with E-state index in [2.05, 4.69) is 55.6 Å². The Morgan fingerprint density at radius 3 is 1.25 bits per heavy atom. The number of carbonyl (C=O) groups is 1. The second-order valence-corrected chi connectivity index (χ2v) is 21.0. The van der Waals surface area contributed by atoms with E-state index in [1.807, 2.05) is 0 Å². The predicted molar refractivity (Wildman–Crippen MR) is 293 cm³/mol. The van der Waals surface area contributed by atoms with Crippen LogP contribution in [0.4, 0.5) is 0 Å². The smallest absolute Gasteiger partial charge is 0.249 e. The molecular formula is C60H113NO10. The van der Waals surface area contributed by atoms with Crippen LogP contribution in [0.1, 0.15) is 271 Å². The first-order valence-corrected chi connectivity index (χ1v) is 29.9. The molecule has 9 unspecified atom stereocenters. The molecule has 0 radical (unpaired) electrons. The lowest BCUT2D eigenvalue weighted by atomic mass is 9.98. The summed E-state index contributed by atoms with van der Waals surface area (Å²) in [5, 5.41) is 76.2. The Morgan fingerprint density at radius 1 is 0.479 bits per heavy atom. The van der Waals surface area contributed by atoms with E-state index in [1.165, 1.54) is 180 Å². The molecule has 8 N–H and O–H groups in total. The molecule has 0 aromatic heterocycles. The Labute approximate surface area is 435 Å². The van der Waals surface area contributed by atoms with Crippen molar-refractivity contribution in [2.24, 2.45) is 0 Å². The zero-order valence-corrected chi connectivity index (χ0v) is 45.7.